The quantitative estimate of drug-likeness (QED) is 0.783. The minimum atomic E-state index is -0.0505. The van der Waals surface area contributed by atoms with Gasteiger partial charge in [-0.2, -0.15) is 0 Å². The molecule has 0 saturated carbocycles. The molecule has 120 valence electrons. The SMILES string of the molecule is CC[C@@H]1Cn2c(c3nc(-c4ccccc4)nc-3n(C)c2=O)N1.Cl. The second-order valence-corrected chi connectivity index (χ2v) is 5.64. The summed E-state index contributed by atoms with van der Waals surface area (Å²) >= 11 is 0. The van der Waals surface area contributed by atoms with Gasteiger partial charge in [0, 0.05) is 25.2 Å². The lowest BCUT2D eigenvalue weighted by atomic mass is 10.2. The van der Waals surface area contributed by atoms with Crippen molar-refractivity contribution in [3.63, 3.8) is 0 Å². The number of benzene rings is 1. The van der Waals surface area contributed by atoms with Crippen LogP contribution < -0.4 is 11.0 Å². The zero-order valence-corrected chi connectivity index (χ0v) is 13.8. The van der Waals surface area contributed by atoms with Gasteiger partial charge in [0.05, 0.1) is 0 Å². The van der Waals surface area contributed by atoms with Crippen LogP contribution >= 0.6 is 12.4 Å². The zero-order chi connectivity index (χ0) is 15.3. The molecule has 0 aromatic heterocycles. The zero-order valence-electron chi connectivity index (χ0n) is 13.0. The number of aromatic nitrogens is 4. The number of fused-ring (bicyclic) bond motifs is 3. The fraction of sp³-hybridized carbons (Fsp3) is 0.312. The van der Waals surface area contributed by atoms with Crippen molar-refractivity contribution in [3.8, 4) is 22.9 Å². The third kappa shape index (κ3) is 2.30. The fourth-order valence-electron chi connectivity index (χ4n) is 2.94. The van der Waals surface area contributed by atoms with Crippen LogP contribution in [0.25, 0.3) is 22.9 Å². The van der Waals surface area contributed by atoms with Gasteiger partial charge in [-0.1, -0.05) is 37.3 Å². The molecule has 0 radical (unpaired) electrons. The molecule has 1 aromatic carbocycles. The molecule has 0 saturated heterocycles. The molecule has 3 aliphatic heterocycles. The molecule has 1 N–H and O–H groups in total. The summed E-state index contributed by atoms with van der Waals surface area (Å²) in [6.45, 7) is 2.79. The predicted octanol–water partition coefficient (Wildman–Crippen LogP) is 2.37. The van der Waals surface area contributed by atoms with E-state index in [0.29, 0.717) is 18.2 Å². The van der Waals surface area contributed by atoms with Gasteiger partial charge in [-0.05, 0) is 6.42 Å². The van der Waals surface area contributed by atoms with Gasteiger partial charge in [0.1, 0.15) is 11.5 Å². The first kappa shape index (κ1) is 15.6. The van der Waals surface area contributed by atoms with Gasteiger partial charge in [-0.15, -0.1) is 12.4 Å². The molecule has 1 aromatic rings. The monoisotopic (exact) mass is 331 g/mol. The van der Waals surface area contributed by atoms with Crippen molar-refractivity contribution >= 4 is 18.2 Å². The summed E-state index contributed by atoms with van der Waals surface area (Å²) in [5.41, 5.74) is 1.66. The van der Waals surface area contributed by atoms with Gasteiger partial charge in [-0.3, -0.25) is 9.13 Å². The van der Waals surface area contributed by atoms with E-state index in [-0.39, 0.29) is 24.1 Å². The number of hydrogen-bond donors (Lipinski definition) is 1. The van der Waals surface area contributed by atoms with Crippen LogP contribution in [0, 0.1) is 0 Å². The molecule has 0 bridgehead atoms. The van der Waals surface area contributed by atoms with E-state index in [1.54, 1.807) is 16.2 Å². The highest BCUT2D eigenvalue weighted by molar-refractivity contribution is 5.85. The molecule has 23 heavy (non-hydrogen) atoms. The molecular weight excluding hydrogens is 314 g/mol. The first-order chi connectivity index (χ1) is 10.7. The van der Waals surface area contributed by atoms with Crippen LogP contribution in [0.2, 0.25) is 0 Å². The topological polar surface area (TPSA) is 64.7 Å². The molecule has 3 heterocycles. The van der Waals surface area contributed by atoms with E-state index in [9.17, 15) is 4.79 Å². The second kappa shape index (κ2) is 5.70. The minimum absolute atomic E-state index is 0. The van der Waals surface area contributed by atoms with Crippen LogP contribution in [0.1, 0.15) is 13.3 Å². The summed E-state index contributed by atoms with van der Waals surface area (Å²) in [4.78, 5) is 21.7. The Morgan fingerprint density at radius 1 is 1.26 bits per heavy atom. The van der Waals surface area contributed by atoms with Crippen molar-refractivity contribution in [2.24, 2.45) is 7.05 Å². The number of halogens is 1. The van der Waals surface area contributed by atoms with Gasteiger partial charge in [-0.25, -0.2) is 14.8 Å². The number of hydrogen-bond acceptors (Lipinski definition) is 4. The molecule has 0 spiro atoms. The van der Waals surface area contributed by atoms with Crippen LogP contribution in [0.15, 0.2) is 35.1 Å². The van der Waals surface area contributed by atoms with Crippen LogP contribution in [0.4, 0.5) is 5.82 Å². The third-order valence-corrected chi connectivity index (χ3v) is 4.24. The molecule has 0 fully saturated rings. The highest BCUT2D eigenvalue weighted by Crippen LogP contribution is 2.32. The summed E-state index contributed by atoms with van der Waals surface area (Å²) in [6, 6.07) is 10.1. The van der Waals surface area contributed by atoms with E-state index in [2.05, 4.69) is 22.2 Å². The number of nitrogens with one attached hydrogen (secondary N) is 1. The Labute approximate surface area is 139 Å². The average Bonchev–Trinajstić information content (AvgIpc) is 3.17. The van der Waals surface area contributed by atoms with Crippen molar-refractivity contribution in [2.75, 3.05) is 5.32 Å². The first-order valence-electron chi connectivity index (χ1n) is 7.48. The average molecular weight is 332 g/mol. The Kier molecular flexibility index (Phi) is 3.85. The molecule has 1 atom stereocenters. The van der Waals surface area contributed by atoms with Crippen LogP contribution in [-0.2, 0) is 13.6 Å². The molecule has 3 aliphatic rings. The normalized spacial score (nSPS) is 16.0. The Morgan fingerprint density at radius 3 is 2.70 bits per heavy atom. The van der Waals surface area contributed by atoms with Gasteiger partial charge in [0.15, 0.2) is 11.6 Å². The maximum atomic E-state index is 12.5. The summed E-state index contributed by atoms with van der Waals surface area (Å²) < 4.78 is 3.35. The van der Waals surface area contributed by atoms with Gasteiger partial charge < -0.3 is 5.32 Å². The second-order valence-electron chi connectivity index (χ2n) is 5.64. The molecular formula is C16H18ClN5O. The van der Waals surface area contributed by atoms with E-state index in [0.717, 1.165) is 23.5 Å². The first-order valence-corrected chi connectivity index (χ1v) is 7.48. The summed E-state index contributed by atoms with van der Waals surface area (Å²) in [5.74, 6) is 2.07. The van der Waals surface area contributed by atoms with E-state index in [4.69, 9.17) is 0 Å². The Bertz CT molecular complexity index is 870. The van der Waals surface area contributed by atoms with Crippen molar-refractivity contribution in [3.05, 3.63) is 40.8 Å². The lowest BCUT2D eigenvalue weighted by molar-refractivity contribution is 0.590. The summed E-state index contributed by atoms with van der Waals surface area (Å²) in [5, 5.41) is 3.41. The Hall–Kier alpha value is -2.34. The molecule has 6 nitrogen and oxygen atoms in total. The van der Waals surface area contributed by atoms with Crippen molar-refractivity contribution < 1.29 is 0 Å². The Balaban J connectivity index is 0.00000156. The number of anilines is 1. The van der Waals surface area contributed by atoms with Crippen molar-refractivity contribution in [1.82, 2.24) is 19.1 Å². The Morgan fingerprint density at radius 2 is 2.00 bits per heavy atom. The lowest BCUT2D eigenvalue weighted by Gasteiger charge is -2.10. The van der Waals surface area contributed by atoms with Crippen LogP contribution in [0.5, 0.6) is 0 Å². The summed E-state index contributed by atoms with van der Waals surface area (Å²) in [6.07, 6.45) is 0.964. The number of imidazole rings is 1. The molecule has 0 amide bonds. The molecule has 4 rings (SSSR count). The molecule has 0 aliphatic carbocycles. The van der Waals surface area contributed by atoms with Crippen molar-refractivity contribution in [2.45, 2.75) is 25.9 Å². The van der Waals surface area contributed by atoms with E-state index in [1.165, 1.54) is 0 Å². The van der Waals surface area contributed by atoms with Crippen molar-refractivity contribution in [1.29, 1.82) is 0 Å². The smallest absolute Gasteiger partial charge is 0.331 e. The molecule has 7 heteroatoms. The van der Waals surface area contributed by atoms with Crippen LogP contribution in [-0.4, -0.2) is 25.1 Å². The van der Waals surface area contributed by atoms with E-state index >= 15 is 0 Å². The molecule has 0 unspecified atom stereocenters. The number of rotatable bonds is 2. The van der Waals surface area contributed by atoms with Gasteiger partial charge >= 0.3 is 5.69 Å². The predicted molar refractivity (Wildman–Crippen MR) is 92.3 cm³/mol. The maximum Gasteiger partial charge on any atom is 0.331 e. The largest absolute Gasteiger partial charge is 0.365 e. The fourth-order valence-corrected chi connectivity index (χ4v) is 2.94. The lowest BCUT2D eigenvalue weighted by Crippen LogP contribution is -2.30. The van der Waals surface area contributed by atoms with Gasteiger partial charge in [0.2, 0.25) is 0 Å². The number of nitrogens with zero attached hydrogens (tertiary/aromatic N) is 4. The van der Waals surface area contributed by atoms with Crippen LogP contribution in [0.3, 0.4) is 0 Å². The maximum absolute atomic E-state index is 12.5. The van der Waals surface area contributed by atoms with E-state index < -0.39 is 0 Å². The summed E-state index contributed by atoms with van der Waals surface area (Å²) in [7, 11) is 1.75. The standard InChI is InChI=1S/C16H17N5O.ClH/c1-3-11-9-21-15(17-11)12-14(20(2)16(21)22)19-13(18-12)10-7-5-4-6-8-10;/h4-8,11,17H,3,9H2,1-2H3;1H/t11-;/m1./s1. The van der Waals surface area contributed by atoms with E-state index in [1.807, 2.05) is 30.3 Å². The third-order valence-electron chi connectivity index (χ3n) is 4.24. The van der Waals surface area contributed by atoms with Gasteiger partial charge in [0.25, 0.3) is 0 Å². The highest BCUT2D eigenvalue weighted by atomic mass is 35.5. The highest BCUT2D eigenvalue weighted by Gasteiger charge is 2.30. The minimum Gasteiger partial charge on any atom is -0.365 e.